The molecule has 4 N–H and O–H groups in total. The van der Waals surface area contributed by atoms with Crippen molar-refractivity contribution in [2.24, 2.45) is 0 Å². The highest BCUT2D eigenvalue weighted by Crippen LogP contribution is 2.31. The van der Waals surface area contributed by atoms with E-state index in [-0.39, 0.29) is 11.6 Å². The van der Waals surface area contributed by atoms with Gasteiger partial charge < -0.3 is 20.3 Å². The predicted molar refractivity (Wildman–Crippen MR) is 102 cm³/mol. The van der Waals surface area contributed by atoms with Gasteiger partial charge >= 0.3 is 5.69 Å². The molecule has 0 aliphatic heterocycles. The molecule has 1 aliphatic rings. The summed E-state index contributed by atoms with van der Waals surface area (Å²) in [5.74, 6) is -0.161. The molecule has 1 amide bonds. The van der Waals surface area contributed by atoms with E-state index in [1.807, 2.05) is 12.1 Å². The molecule has 4 aromatic rings. The summed E-state index contributed by atoms with van der Waals surface area (Å²) in [5, 5.41) is 4.09. The molecule has 0 unspecified atom stereocenters. The van der Waals surface area contributed by atoms with E-state index in [0.29, 0.717) is 22.3 Å². The number of aryl methyl sites for hydroxylation is 2. The summed E-state index contributed by atoms with van der Waals surface area (Å²) in [4.78, 5) is 33.1. The van der Waals surface area contributed by atoms with Crippen molar-refractivity contribution in [2.75, 3.05) is 5.32 Å². The summed E-state index contributed by atoms with van der Waals surface area (Å²) < 4.78 is 0. The van der Waals surface area contributed by atoms with Crippen LogP contribution in [0.15, 0.2) is 41.2 Å². The Morgan fingerprint density at radius 1 is 0.962 bits per heavy atom. The number of aromatic nitrogens is 3. The first kappa shape index (κ1) is 15.0. The third kappa shape index (κ3) is 2.34. The van der Waals surface area contributed by atoms with Crippen LogP contribution in [0.3, 0.4) is 0 Å². The summed E-state index contributed by atoms with van der Waals surface area (Å²) in [5.41, 5.74) is 5.93. The maximum absolute atomic E-state index is 12.9. The summed E-state index contributed by atoms with van der Waals surface area (Å²) in [6, 6.07) is 11.2. The highest BCUT2D eigenvalue weighted by molar-refractivity contribution is 6.13. The number of rotatable bonds is 2. The molecule has 0 atom stereocenters. The number of carbonyl (C=O) groups is 1. The minimum Gasteiger partial charge on any atom is -0.358 e. The molecule has 0 fully saturated rings. The van der Waals surface area contributed by atoms with Gasteiger partial charge in [-0.25, -0.2) is 4.79 Å². The van der Waals surface area contributed by atoms with Crippen molar-refractivity contribution in [3.05, 3.63) is 63.7 Å². The summed E-state index contributed by atoms with van der Waals surface area (Å²) in [7, 11) is 0. The van der Waals surface area contributed by atoms with Gasteiger partial charge in [-0.2, -0.15) is 0 Å². The Morgan fingerprint density at radius 2 is 1.81 bits per heavy atom. The number of imidazole rings is 1. The van der Waals surface area contributed by atoms with Crippen LogP contribution in [0.1, 0.15) is 34.5 Å². The largest absolute Gasteiger partial charge is 0.358 e. The fourth-order valence-corrected chi connectivity index (χ4v) is 3.93. The lowest BCUT2D eigenvalue weighted by Crippen LogP contribution is -2.12. The predicted octanol–water partition coefficient (Wildman–Crippen LogP) is 3.47. The number of nitrogens with one attached hydrogen (secondary N) is 4. The maximum Gasteiger partial charge on any atom is 0.323 e. The van der Waals surface area contributed by atoms with E-state index in [0.717, 1.165) is 23.7 Å². The van der Waals surface area contributed by atoms with E-state index in [2.05, 4.69) is 26.3 Å². The topological polar surface area (TPSA) is 93.5 Å². The number of H-pyrrole nitrogens is 3. The molecule has 2 aromatic carbocycles. The Hall–Kier alpha value is -3.28. The van der Waals surface area contributed by atoms with Crippen LogP contribution in [0, 0.1) is 0 Å². The van der Waals surface area contributed by atoms with Crippen molar-refractivity contribution in [3.63, 3.8) is 0 Å². The van der Waals surface area contributed by atoms with E-state index in [9.17, 15) is 9.59 Å². The molecule has 130 valence electrons. The average Bonchev–Trinajstić information content (AvgIpc) is 3.20. The lowest BCUT2D eigenvalue weighted by Gasteiger charge is -2.10. The van der Waals surface area contributed by atoms with Crippen molar-refractivity contribution >= 4 is 33.5 Å². The third-order valence-corrected chi connectivity index (χ3v) is 5.15. The number of fused-ring (bicyclic) bond motifs is 4. The SMILES string of the molecule is O=C(Nc1ccc2[nH]c(=O)[nH]c2c1)c1cccc2c3c([nH]c12)CCCC3. The van der Waals surface area contributed by atoms with Crippen molar-refractivity contribution in [2.45, 2.75) is 25.7 Å². The van der Waals surface area contributed by atoms with Gasteiger partial charge in [0.2, 0.25) is 0 Å². The molecule has 0 radical (unpaired) electrons. The monoisotopic (exact) mass is 346 g/mol. The second-order valence-corrected chi connectivity index (χ2v) is 6.81. The first-order valence-corrected chi connectivity index (χ1v) is 8.85. The molecule has 1 aliphatic carbocycles. The average molecular weight is 346 g/mol. The van der Waals surface area contributed by atoms with Crippen molar-refractivity contribution in [3.8, 4) is 0 Å². The van der Waals surface area contributed by atoms with Crippen LogP contribution in [0.25, 0.3) is 21.9 Å². The number of hydrogen-bond donors (Lipinski definition) is 4. The van der Waals surface area contributed by atoms with Crippen LogP contribution in [-0.4, -0.2) is 20.9 Å². The van der Waals surface area contributed by atoms with E-state index < -0.39 is 0 Å². The Kier molecular flexibility index (Phi) is 3.25. The first-order chi connectivity index (χ1) is 12.7. The van der Waals surface area contributed by atoms with Gasteiger partial charge in [0.05, 0.1) is 22.1 Å². The highest BCUT2D eigenvalue weighted by atomic mass is 16.2. The van der Waals surface area contributed by atoms with Gasteiger partial charge in [0.1, 0.15) is 0 Å². The number of aromatic amines is 3. The molecule has 0 saturated heterocycles. The van der Waals surface area contributed by atoms with Crippen molar-refractivity contribution in [1.82, 2.24) is 15.0 Å². The molecule has 0 bridgehead atoms. The number of hydrogen-bond acceptors (Lipinski definition) is 2. The molecule has 5 rings (SSSR count). The van der Waals surface area contributed by atoms with Gasteiger partial charge in [-0.05, 0) is 55.5 Å². The van der Waals surface area contributed by atoms with Crippen molar-refractivity contribution < 1.29 is 4.79 Å². The Bertz CT molecular complexity index is 1210. The second kappa shape index (κ2) is 5.62. The van der Waals surface area contributed by atoms with Crippen LogP contribution in [0.4, 0.5) is 5.69 Å². The van der Waals surface area contributed by atoms with Crippen LogP contribution in [-0.2, 0) is 12.8 Å². The quantitative estimate of drug-likeness (QED) is 0.447. The van der Waals surface area contributed by atoms with Gasteiger partial charge in [0.15, 0.2) is 0 Å². The Labute approximate surface area is 148 Å². The Morgan fingerprint density at radius 3 is 2.73 bits per heavy atom. The van der Waals surface area contributed by atoms with Gasteiger partial charge in [-0.3, -0.25) is 4.79 Å². The molecule has 2 heterocycles. The molecular weight excluding hydrogens is 328 g/mol. The number of para-hydroxylation sites is 1. The normalized spacial score (nSPS) is 13.8. The van der Waals surface area contributed by atoms with Crippen molar-refractivity contribution in [1.29, 1.82) is 0 Å². The van der Waals surface area contributed by atoms with E-state index in [1.165, 1.54) is 24.1 Å². The summed E-state index contributed by atoms with van der Waals surface area (Å²) >= 11 is 0. The third-order valence-electron chi connectivity index (χ3n) is 5.15. The van der Waals surface area contributed by atoms with Crippen LogP contribution in [0.2, 0.25) is 0 Å². The zero-order valence-corrected chi connectivity index (χ0v) is 14.1. The molecule has 6 heteroatoms. The molecule has 26 heavy (non-hydrogen) atoms. The number of benzene rings is 2. The fraction of sp³-hybridized carbons (Fsp3) is 0.200. The molecular formula is C20H18N4O2. The van der Waals surface area contributed by atoms with Gasteiger partial charge in [0, 0.05) is 16.8 Å². The molecule has 0 spiro atoms. The standard InChI is InChI=1S/C20H18N4O2/c25-19(21-11-8-9-16-17(10-11)24-20(26)23-16)14-6-3-5-13-12-4-1-2-7-15(12)22-18(13)14/h3,5-6,8-10,22H,1-2,4,7H2,(H,21,25)(H2,23,24,26). The molecule has 2 aromatic heterocycles. The first-order valence-electron chi connectivity index (χ1n) is 8.85. The van der Waals surface area contributed by atoms with Gasteiger partial charge in [-0.15, -0.1) is 0 Å². The summed E-state index contributed by atoms with van der Waals surface area (Å²) in [6.07, 6.45) is 4.50. The van der Waals surface area contributed by atoms with Gasteiger partial charge in [-0.1, -0.05) is 12.1 Å². The highest BCUT2D eigenvalue weighted by Gasteiger charge is 2.19. The molecule has 0 saturated carbocycles. The van der Waals surface area contributed by atoms with E-state index >= 15 is 0 Å². The minimum absolute atomic E-state index is 0.161. The number of carbonyl (C=O) groups excluding carboxylic acids is 1. The van der Waals surface area contributed by atoms with E-state index in [4.69, 9.17) is 0 Å². The van der Waals surface area contributed by atoms with Crippen LogP contribution >= 0.6 is 0 Å². The number of anilines is 1. The zero-order valence-electron chi connectivity index (χ0n) is 14.1. The summed E-state index contributed by atoms with van der Waals surface area (Å²) in [6.45, 7) is 0. The zero-order chi connectivity index (χ0) is 17.7. The van der Waals surface area contributed by atoms with Gasteiger partial charge in [0.25, 0.3) is 5.91 Å². The smallest absolute Gasteiger partial charge is 0.323 e. The lowest BCUT2D eigenvalue weighted by atomic mass is 9.95. The van der Waals surface area contributed by atoms with Crippen LogP contribution < -0.4 is 11.0 Å². The maximum atomic E-state index is 12.9. The number of amides is 1. The fourth-order valence-electron chi connectivity index (χ4n) is 3.93. The van der Waals surface area contributed by atoms with E-state index in [1.54, 1.807) is 18.2 Å². The Balaban J connectivity index is 1.53. The second-order valence-electron chi connectivity index (χ2n) is 6.81. The van der Waals surface area contributed by atoms with Crippen LogP contribution in [0.5, 0.6) is 0 Å². The minimum atomic E-state index is -0.259. The lowest BCUT2D eigenvalue weighted by molar-refractivity contribution is 0.102. The molecule has 6 nitrogen and oxygen atoms in total.